The third-order valence-corrected chi connectivity index (χ3v) is 4.71. The summed E-state index contributed by atoms with van der Waals surface area (Å²) in [6, 6.07) is 15.1. The summed E-state index contributed by atoms with van der Waals surface area (Å²) in [6.45, 7) is 2.17. The number of rotatable bonds is 4. The van der Waals surface area contributed by atoms with Gasteiger partial charge in [0.2, 0.25) is 0 Å². The Kier molecular flexibility index (Phi) is 4.02. The summed E-state index contributed by atoms with van der Waals surface area (Å²) in [4.78, 5) is 0.328. The van der Waals surface area contributed by atoms with Crippen molar-refractivity contribution in [1.82, 2.24) is 0 Å². The van der Waals surface area contributed by atoms with Crippen LogP contribution in [0.25, 0.3) is 11.1 Å². The van der Waals surface area contributed by atoms with Crippen LogP contribution in [0.15, 0.2) is 53.4 Å². The number of hydrogen-bond acceptors (Lipinski definition) is 3. The predicted molar refractivity (Wildman–Crippen MR) is 77.7 cm³/mol. The Balaban J connectivity index is 2.34. The molecule has 0 spiro atoms. The lowest BCUT2D eigenvalue weighted by molar-refractivity contribution is 0.596. The number of benzene rings is 2. The number of aryl methyl sites for hydroxylation is 1. The highest BCUT2D eigenvalue weighted by Crippen LogP contribution is 2.22. The van der Waals surface area contributed by atoms with Gasteiger partial charge >= 0.3 is 0 Å². The van der Waals surface area contributed by atoms with Gasteiger partial charge in [0, 0.05) is 6.54 Å². The smallest absolute Gasteiger partial charge is 0.179 e. The molecule has 0 saturated carbocycles. The van der Waals surface area contributed by atoms with Crippen molar-refractivity contribution >= 4 is 9.84 Å². The quantitative estimate of drug-likeness (QED) is 0.932. The van der Waals surface area contributed by atoms with E-state index in [0.29, 0.717) is 4.90 Å². The van der Waals surface area contributed by atoms with Crippen LogP contribution in [0.3, 0.4) is 0 Å². The van der Waals surface area contributed by atoms with E-state index in [-0.39, 0.29) is 12.3 Å². The molecule has 0 bridgehead atoms. The van der Waals surface area contributed by atoms with E-state index in [1.54, 1.807) is 12.1 Å². The van der Waals surface area contributed by atoms with Gasteiger partial charge in [0.1, 0.15) is 0 Å². The zero-order valence-corrected chi connectivity index (χ0v) is 11.7. The van der Waals surface area contributed by atoms with Gasteiger partial charge in [-0.1, -0.05) is 42.0 Å². The molecule has 2 aromatic rings. The molecule has 100 valence electrons. The van der Waals surface area contributed by atoms with Gasteiger partial charge in [-0.3, -0.25) is 0 Å². The molecule has 0 aromatic heterocycles. The van der Waals surface area contributed by atoms with Crippen molar-refractivity contribution in [3.63, 3.8) is 0 Å². The second-order valence-corrected chi connectivity index (χ2v) is 6.61. The van der Waals surface area contributed by atoms with Crippen LogP contribution in [0, 0.1) is 6.92 Å². The molecule has 2 rings (SSSR count). The number of hydrogen-bond donors (Lipinski definition) is 1. The van der Waals surface area contributed by atoms with Gasteiger partial charge in [0.25, 0.3) is 0 Å². The largest absolute Gasteiger partial charge is 0.329 e. The minimum Gasteiger partial charge on any atom is -0.329 e. The molecule has 3 nitrogen and oxygen atoms in total. The first kappa shape index (κ1) is 13.8. The molecule has 0 aliphatic carbocycles. The molecule has 0 fully saturated rings. The fraction of sp³-hybridized carbons (Fsp3) is 0.200. The lowest BCUT2D eigenvalue weighted by Crippen LogP contribution is -2.15. The number of nitrogens with two attached hydrogens (primary N) is 1. The summed E-state index contributed by atoms with van der Waals surface area (Å²) in [6.07, 6.45) is 0. The van der Waals surface area contributed by atoms with E-state index in [0.717, 1.165) is 11.1 Å². The first-order chi connectivity index (χ1) is 9.03. The standard InChI is InChI=1S/C15H17NO2S/c1-12-3-2-4-14(11-12)13-5-7-15(8-6-13)19(17,18)10-9-16/h2-8,11H,9-10,16H2,1H3. The van der Waals surface area contributed by atoms with Crippen LogP contribution < -0.4 is 5.73 Å². The van der Waals surface area contributed by atoms with E-state index >= 15 is 0 Å². The van der Waals surface area contributed by atoms with Crippen LogP contribution in [0.2, 0.25) is 0 Å². The molecule has 0 aliphatic rings. The summed E-state index contributed by atoms with van der Waals surface area (Å²) >= 11 is 0. The predicted octanol–water partition coefficient (Wildman–Crippen LogP) is 2.39. The molecule has 0 saturated heterocycles. The maximum Gasteiger partial charge on any atom is 0.179 e. The van der Waals surface area contributed by atoms with Crippen LogP contribution in [0.1, 0.15) is 5.56 Å². The third kappa shape index (κ3) is 3.22. The second kappa shape index (κ2) is 5.55. The molecular formula is C15H17NO2S. The van der Waals surface area contributed by atoms with Crippen molar-refractivity contribution < 1.29 is 8.42 Å². The molecule has 0 aliphatic heterocycles. The van der Waals surface area contributed by atoms with Crippen molar-refractivity contribution in [2.24, 2.45) is 5.73 Å². The lowest BCUT2D eigenvalue weighted by Gasteiger charge is -2.06. The second-order valence-electron chi connectivity index (χ2n) is 4.50. The maximum atomic E-state index is 11.9. The Morgan fingerprint density at radius 1 is 1.00 bits per heavy atom. The highest BCUT2D eigenvalue weighted by molar-refractivity contribution is 7.91. The molecule has 19 heavy (non-hydrogen) atoms. The molecular weight excluding hydrogens is 258 g/mol. The van der Waals surface area contributed by atoms with Crippen LogP contribution in [-0.4, -0.2) is 20.7 Å². The summed E-state index contributed by atoms with van der Waals surface area (Å²) in [7, 11) is -3.24. The fourth-order valence-corrected chi connectivity index (χ4v) is 3.05. The van der Waals surface area contributed by atoms with Gasteiger partial charge in [0.05, 0.1) is 10.6 Å². The molecule has 0 amide bonds. The Morgan fingerprint density at radius 3 is 2.26 bits per heavy atom. The van der Waals surface area contributed by atoms with Crippen molar-refractivity contribution in [1.29, 1.82) is 0 Å². The Bertz CT molecular complexity index is 661. The first-order valence-corrected chi connectivity index (χ1v) is 7.78. The van der Waals surface area contributed by atoms with Gasteiger partial charge in [0.15, 0.2) is 9.84 Å². The molecule has 0 radical (unpaired) electrons. The van der Waals surface area contributed by atoms with Crippen LogP contribution in [0.5, 0.6) is 0 Å². The maximum absolute atomic E-state index is 11.9. The van der Waals surface area contributed by atoms with Gasteiger partial charge in [-0.25, -0.2) is 8.42 Å². The fourth-order valence-electron chi connectivity index (χ4n) is 1.95. The van der Waals surface area contributed by atoms with Crippen molar-refractivity contribution in [3.8, 4) is 11.1 Å². The molecule has 2 N–H and O–H groups in total. The van der Waals surface area contributed by atoms with Crippen LogP contribution in [-0.2, 0) is 9.84 Å². The normalized spacial score (nSPS) is 11.5. The van der Waals surface area contributed by atoms with Gasteiger partial charge < -0.3 is 5.73 Å². The van der Waals surface area contributed by atoms with E-state index in [1.165, 1.54) is 5.56 Å². The van der Waals surface area contributed by atoms with Crippen molar-refractivity contribution in [2.45, 2.75) is 11.8 Å². The summed E-state index contributed by atoms with van der Waals surface area (Å²) in [5.41, 5.74) is 8.58. The van der Waals surface area contributed by atoms with Gasteiger partial charge in [-0.05, 0) is 30.2 Å². The SMILES string of the molecule is Cc1cccc(-c2ccc(S(=O)(=O)CCN)cc2)c1. The van der Waals surface area contributed by atoms with Crippen molar-refractivity contribution in [3.05, 3.63) is 54.1 Å². The van der Waals surface area contributed by atoms with E-state index in [4.69, 9.17) is 5.73 Å². The van der Waals surface area contributed by atoms with Crippen LogP contribution >= 0.6 is 0 Å². The van der Waals surface area contributed by atoms with E-state index in [1.807, 2.05) is 37.3 Å². The lowest BCUT2D eigenvalue weighted by atomic mass is 10.0. The zero-order chi connectivity index (χ0) is 13.9. The summed E-state index contributed by atoms with van der Waals surface area (Å²) in [5.74, 6) is -0.0171. The zero-order valence-electron chi connectivity index (χ0n) is 10.8. The molecule has 4 heteroatoms. The average molecular weight is 275 g/mol. The molecule has 0 heterocycles. The Labute approximate surface area is 114 Å². The first-order valence-electron chi connectivity index (χ1n) is 6.13. The highest BCUT2D eigenvalue weighted by atomic mass is 32.2. The molecule has 0 atom stereocenters. The number of sulfone groups is 1. The minimum absolute atomic E-state index is 0.0171. The Morgan fingerprint density at radius 2 is 1.68 bits per heavy atom. The van der Waals surface area contributed by atoms with Crippen molar-refractivity contribution in [2.75, 3.05) is 12.3 Å². The topological polar surface area (TPSA) is 60.2 Å². The van der Waals surface area contributed by atoms with E-state index in [2.05, 4.69) is 6.07 Å². The molecule has 0 unspecified atom stereocenters. The van der Waals surface area contributed by atoms with Gasteiger partial charge in [-0.2, -0.15) is 0 Å². The third-order valence-electron chi connectivity index (χ3n) is 2.95. The highest BCUT2D eigenvalue weighted by Gasteiger charge is 2.12. The monoisotopic (exact) mass is 275 g/mol. The summed E-state index contributed by atoms with van der Waals surface area (Å²) < 4.78 is 23.7. The summed E-state index contributed by atoms with van der Waals surface area (Å²) in [5, 5.41) is 0. The Hall–Kier alpha value is -1.65. The molecule has 2 aromatic carbocycles. The van der Waals surface area contributed by atoms with Gasteiger partial charge in [-0.15, -0.1) is 0 Å². The van der Waals surface area contributed by atoms with E-state index in [9.17, 15) is 8.42 Å². The van der Waals surface area contributed by atoms with E-state index < -0.39 is 9.84 Å². The van der Waals surface area contributed by atoms with Crippen LogP contribution in [0.4, 0.5) is 0 Å². The average Bonchev–Trinajstić information content (AvgIpc) is 2.39. The minimum atomic E-state index is -3.24.